The van der Waals surface area contributed by atoms with Gasteiger partial charge in [-0.05, 0) is 6.42 Å². The number of carbonyl (C=O) groups is 1. The van der Waals surface area contributed by atoms with Crippen LogP contribution < -0.4 is 5.73 Å². The van der Waals surface area contributed by atoms with Crippen LogP contribution in [0.25, 0.3) is 0 Å². The van der Waals surface area contributed by atoms with E-state index in [2.05, 4.69) is 0 Å². The first-order valence-electron chi connectivity index (χ1n) is 9.24. The normalized spacial score (nSPS) is 21.3. The van der Waals surface area contributed by atoms with Gasteiger partial charge in [-0.3, -0.25) is 9.69 Å². The highest BCUT2D eigenvalue weighted by Crippen LogP contribution is 2.11. The molecule has 0 aliphatic carbocycles. The van der Waals surface area contributed by atoms with E-state index in [1.54, 1.807) is 0 Å². The van der Waals surface area contributed by atoms with Crippen LogP contribution >= 0.6 is 0 Å². The number of hydrogen-bond donors (Lipinski definition) is 12. The first-order valence-corrected chi connectivity index (χ1v) is 9.24. The molecule has 0 amide bonds. The third kappa shape index (κ3) is 9.42. The van der Waals surface area contributed by atoms with E-state index in [9.17, 15) is 45.6 Å². The molecule has 1 unspecified atom stereocenters. The Morgan fingerprint density at radius 2 is 1.03 bits per heavy atom. The molecule has 0 aromatic heterocycles. The summed E-state index contributed by atoms with van der Waals surface area (Å²) < 4.78 is 0. The number of carboxylic acids is 1. The minimum atomic E-state index is -1.92. The van der Waals surface area contributed by atoms with Gasteiger partial charge in [0.05, 0.1) is 25.4 Å². The second kappa shape index (κ2) is 14.1. The fourth-order valence-corrected chi connectivity index (χ4v) is 2.57. The van der Waals surface area contributed by atoms with Crippen LogP contribution in [-0.4, -0.2) is 155 Å². The molecule has 0 heterocycles. The average molecular weight is 446 g/mol. The van der Waals surface area contributed by atoms with Crippen LogP contribution in [0.15, 0.2) is 0 Å². The zero-order valence-corrected chi connectivity index (χ0v) is 16.3. The number of hydrogen-bond acceptors (Lipinski definition) is 13. The highest BCUT2D eigenvalue weighted by molar-refractivity contribution is 5.72. The maximum Gasteiger partial charge on any atom is 0.320 e. The quantitative estimate of drug-likeness (QED) is 0.105. The number of rotatable bonds is 16. The number of aliphatic carboxylic acids is 1. The molecule has 180 valence electrons. The number of nitrogens with two attached hydrogens (primary N) is 1. The van der Waals surface area contributed by atoms with Gasteiger partial charge in [0.1, 0.15) is 42.7 Å². The lowest BCUT2D eigenvalue weighted by molar-refractivity contribution is -0.139. The molecule has 13 N–H and O–H groups in total. The van der Waals surface area contributed by atoms with Crippen LogP contribution in [0.3, 0.4) is 0 Å². The van der Waals surface area contributed by atoms with Crippen LogP contribution in [-0.2, 0) is 4.79 Å². The number of carboxylic acid groups (broad SMARTS) is 1. The van der Waals surface area contributed by atoms with Gasteiger partial charge >= 0.3 is 5.97 Å². The number of aliphatic hydroxyl groups is 10. The van der Waals surface area contributed by atoms with Gasteiger partial charge in [-0.2, -0.15) is 0 Å². The van der Waals surface area contributed by atoms with Gasteiger partial charge in [-0.1, -0.05) is 0 Å². The molecule has 0 aromatic carbocycles. The van der Waals surface area contributed by atoms with Crippen molar-refractivity contribution < 1.29 is 61.0 Å². The van der Waals surface area contributed by atoms with E-state index in [0.717, 1.165) is 0 Å². The standard InChI is InChI=1S/C16H34N2O12/c17-7(16(29)30)1-2-18(3-8(21)12(25)14(27)10(23)5-19)4-9(22)13(26)15(28)11(24)6-20/h7-15,19-28H,1-6,17H2,(H,29,30)/t7?,8-,9-,10+,11+,12+,13+,14+,15+/m0/s1. The Bertz CT molecular complexity index is 457. The fourth-order valence-electron chi connectivity index (χ4n) is 2.57. The summed E-state index contributed by atoms with van der Waals surface area (Å²) in [6.45, 7) is -2.94. The van der Waals surface area contributed by atoms with Crippen molar-refractivity contribution in [3.63, 3.8) is 0 Å². The lowest BCUT2D eigenvalue weighted by Gasteiger charge is -2.33. The Morgan fingerprint density at radius 3 is 1.33 bits per heavy atom. The zero-order chi connectivity index (χ0) is 23.6. The summed E-state index contributed by atoms with van der Waals surface area (Å²) in [5.74, 6) is -1.32. The molecule has 14 heteroatoms. The number of aliphatic hydroxyl groups excluding tert-OH is 10. The highest BCUT2D eigenvalue weighted by Gasteiger charge is 2.34. The van der Waals surface area contributed by atoms with Gasteiger partial charge in [0.15, 0.2) is 0 Å². The Kier molecular flexibility index (Phi) is 13.7. The summed E-state index contributed by atoms with van der Waals surface area (Å²) in [4.78, 5) is 12.0. The smallest absolute Gasteiger partial charge is 0.320 e. The third-order valence-corrected chi connectivity index (χ3v) is 4.61. The second-order valence-electron chi connectivity index (χ2n) is 7.09. The Balaban J connectivity index is 5.19. The lowest BCUT2D eigenvalue weighted by atomic mass is 10.0. The average Bonchev–Trinajstić information content (AvgIpc) is 2.73. The van der Waals surface area contributed by atoms with E-state index in [1.165, 1.54) is 4.90 Å². The van der Waals surface area contributed by atoms with E-state index in [-0.39, 0.29) is 13.0 Å². The predicted octanol–water partition coefficient (Wildman–Crippen LogP) is -7.04. The van der Waals surface area contributed by atoms with Crippen molar-refractivity contribution in [2.45, 2.75) is 61.3 Å². The topological polar surface area (TPSA) is 269 Å². The minimum Gasteiger partial charge on any atom is -0.480 e. The van der Waals surface area contributed by atoms with Gasteiger partial charge in [-0.25, -0.2) is 0 Å². The predicted molar refractivity (Wildman–Crippen MR) is 98.9 cm³/mol. The van der Waals surface area contributed by atoms with Crippen LogP contribution in [0.4, 0.5) is 0 Å². The Morgan fingerprint density at radius 1 is 0.700 bits per heavy atom. The molecule has 0 aliphatic rings. The van der Waals surface area contributed by atoms with Crippen molar-refractivity contribution in [2.24, 2.45) is 5.73 Å². The molecule has 14 nitrogen and oxygen atoms in total. The van der Waals surface area contributed by atoms with E-state index >= 15 is 0 Å². The van der Waals surface area contributed by atoms with Crippen molar-refractivity contribution in [1.29, 1.82) is 0 Å². The molecular weight excluding hydrogens is 412 g/mol. The van der Waals surface area contributed by atoms with Gasteiger partial charge in [0, 0.05) is 19.6 Å². The van der Waals surface area contributed by atoms with Gasteiger partial charge in [0.2, 0.25) is 0 Å². The largest absolute Gasteiger partial charge is 0.480 e. The molecule has 0 radical (unpaired) electrons. The fraction of sp³-hybridized carbons (Fsp3) is 0.938. The van der Waals surface area contributed by atoms with Crippen molar-refractivity contribution in [2.75, 3.05) is 32.8 Å². The summed E-state index contributed by atoms with van der Waals surface area (Å²) in [5.41, 5.74) is 5.41. The molecule has 0 fully saturated rings. The summed E-state index contributed by atoms with van der Waals surface area (Å²) in [7, 11) is 0. The first-order chi connectivity index (χ1) is 13.9. The third-order valence-electron chi connectivity index (χ3n) is 4.61. The molecule has 0 rings (SSSR count). The maximum absolute atomic E-state index is 10.9. The first kappa shape index (κ1) is 29.0. The molecular formula is C16H34N2O12. The van der Waals surface area contributed by atoms with Crippen LogP contribution in [0, 0.1) is 0 Å². The minimum absolute atomic E-state index is 0.168. The highest BCUT2D eigenvalue weighted by atomic mass is 16.4. The van der Waals surface area contributed by atoms with Crippen LogP contribution in [0.1, 0.15) is 6.42 Å². The summed E-state index contributed by atoms with van der Waals surface area (Å²) in [5, 5.41) is 105. The molecule has 0 aromatic rings. The molecule has 0 spiro atoms. The van der Waals surface area contributed by atoms with Crippen LogP contribution in [0.2, 0.25) is 0 Å². The van der Waals surface area contributed by atoms with Gasteiger partial charge < -0.3 is 61.9 Å². The van der Waals surface area contributed by atoms with Crippen molar-refractivity contribution in [1.82, 2.24) is 4.90 Å². The van der Waals surface area contributed by atoms with Gasteiger partial charge in [-0.15, -0.1) is 0 Å². The van der Waals surface area contributed by atoms with E-state index in [1.807, 2.05) is 0 Å². The van der Waals surface area contributed by atoms with Gasteiger partial charge in [0.25, 0.3) is 0 Å². The van der Waals surface area contributed by atoms with Crippen molar-refractivity contribution >= 4 is 5.97 Å². The van der Waals surface area contributed by atoms with Crippen molar-refractivity contribution in [3.8, 4) is 0 Å². The number of nitrogens with zero attached hydrogens (tertiary/aromatic N) is 1. The monoisotopic (exact) mass is 446 g/mol. The summed E-state index contributed by atoms with van der Waals surface area (Å²) in [6, 6.07) is -1.31. The van der Waals surface area contributed by atoms with E-state index in [4.69, 9.17) is 21.1 Å². The van der Waals surface area contributed by atoms with E-state index in [0.29, 0.717) is 0 Å². The molecule has 9 atom stereocenters. The zero-order valence-electron chi connectivity index (χ0n) is 16.3. The summed E-state index contributed by atoms with van der Waals surface area (Å²) in [6.07, 6.45) is -14.8. The molecule has 0 bridgehead atoms. The summed E-state index contributed by atoms with van der Waals surface area (Å²) >= 11 is 0. The maximum atomic E-state index is 10.9. The Hall–Kier alpha value is -1.01. The molecule has 0 aliphatic heterocycles. The Labute approximate surface area is 172 Å². The SMILES string of the molecule is NC(CCN(C[C@H](O)[C@@H](O)[C@H](O)[C@H](O)CO)C[C@H](O)[C@@H](O)[C@H](O)[C@H](O)CO)C(=O)O. The molecule has 0 saturated heterocycles. The lowest BCUT2D eigenvalue weighted by Crippen LogP contribution is -2.53. The van der Waals surface area contributed by atoms with E-state index < -0.39 is 87.1 Å². The molecule has 30 heavy (non-hydrogen) atoms. The van der Waals surface area contributed by atoms with Crippen LogP contribution in [0.5, 0.6) is 0 Å². The molecule has 0 saturated carbocycles. The second-order valence-corrected chi connectivity index (χ2v) is 7.09. The van der Waals surface area contributed by atoms with Crippen molar-refractivity contribution in [3.05, 3.63) is 0 Å².